The zero-order valence-corrected chi connectivity index (χ0v) is 22.6. The number of amides is 2. The van der Waals surface area contributed by atoms with Crippen LogP contribution in [-0.4, -0.2) is 92.1 Å². The highest BCUT2D eigenvalue weighted by Gasteiger charge is 2.23. The summed E-state index contributed by atoms with van der Waals surface area (Å²) >= 11 is 5.96. The number of ether oxygens (including phenoxy) is 1. The van der Waals surface area contributed by atoms with Crippen molar-refractivity contribution in [2.24, 2.45) is 0 Å². The molecule has 36 heavy (non-hydrogen) atoms. The predicted octanol–water partition coefficient (Wildman–Crippen LogP) is 4.02. The van der Waals surface area contributed by atoms with E-state index in [-0.39, 0.29) is 24.0 Å². The van der Waals surface area contributed by atoms with Crippen LogP contribution in [0.25, 0.3) is 0 Å². The van der Waals surface area contributed by atoms with Crippen molar-refractivity contribution in [3.8, 4) is 0 Å². The first kappa shape index (κ1) is 28.1. The van der Waals surface area contributed by atoms with Gasteiger partial charge in [-0.15, -0.1) is 0 Å². The van der Waals surface area contributed by atoms with Gasteiger partial charge in [-0.2, -0.15) is 0 Å². The molecule has 0 aromatic heterocycles. The number of rotatable bonds is 11. The third-order valence-corrected chi connectivity index (χ3v) is 6.71. The second-order valence-corrected chi connectivity index (χ2v) is 10.2. The summed E-state index contributed by atoms with van der Waals surface area (Å²) in [6.07, 6.45) is 1.72. The predicted molar refractivity (Wildman–Crippen MR) is 146 cm³/mol. The van der Waals surface area contributed by atoms with Crippen molar-refractivity contribution in [3.05, 3.63) is 64.7 Å². The average molecular weight is 515 g/mol. The van der Waals surface area contributed by atoms with Crippen molar-refractivity contribution in [2.75, 3.05) is 58.7 Å². The minimum absolute atomic E-state index is 0.0298. The Bertz CT molecular complexity index is 971. The minimum atomic E-state index is -0.291. The van der Waals surface area contributed by atoms with Crippen LogP contribution in [0.2, 0.25) is 5.02 Å². The minimum Gasteiger partial charge on any atom is -0.379 e. The van der Waals surface area contributed by atoms with Gasteiger partial charge in [0.05, 0.1) is 12.1 Å². The summed E-state index contributed by atoms with van der Waals surface area (Å²) < 4.78 is 5.61. The van der Waals surface area contributed by atoms with Crippen molar-refractivity contribution >= 4 is 29.1 Å². The Balaban J connectivity index is 1.46. The summed E-state index contributed by atoms with van der Waals surface area (Å²) in [5.41, 5.74) is 2.59. The van der Waals surface area contributed by atoms with Gasteiger partial charge in [0.25, 0.3) is 5.91 Å². The smallest absolute Gasteiger partial charge is 0.253 e. The fourth-order valence-electron chi connectivity index (χ4n) is 4.26. The normalized spacial score (nSPS) is 15.4. The van der Waals surface area contributed by atoms with Crippen molar-refractivity contribution in [2.45, 2.75) is 38.8 Å². The molecule has 1 heterocycles. The van der Waals surface area contributed by atoms with Gasteiger partial charge in [0.15, 0.2) is 0 Å². The first-order chi connectivity index (χ1) is 17.2. The van der Waals surface area contributed by atoms with Crippen molar-refractivity contribution in [1.29, 1.82) is 0 Å². The number of halogens is 1. The van der Waals surface area contributed by atoms with Gasteiger partial charge in [-0.05, 0) is 82.7 Å². The number of hydrogen-bond acceptors (Lipinski definition) is 5. The average Bonchev–Trinajstić information content (AvgIpc) is 2.86. The lowest BCUT2D eigenvalue weighted by atomic mass is 10.1. The lowest BCUT2D eigenvalue weighted by molar-refractivity contribution is -0.121. The Morgan fingerprint density at radius 3 is 2.22 bits per heavy atom. The van der Waals surface area contributed by atoms with Gasteiger partial charge in [-0.1, -0.05) is 23.7 Å². The SMILES string of the molecule is CC(C)OCCC(C(=O)Nc1ccc(C(=O)N2CCN(CCc3ccc(Cl)cc3)CC2)cc1)N(C)C. The lowest BCUT2D eigenvalue weighted by Crippen LogP contribution is -2.49. The molecule has 8 heteroatoms. The molecule has 196 valence electrons. The molecule has 1 fully saturated rings. The standard InChI is InChI=1S/C28H39ClN4O3/c1-21(2)36-20-14-26(31(3)4)27(34)30-25-11-7-23(8-12-25)28(35)33-18-16-32(17-19-33)15-13-22-5-9-24(29)10-6-22/h5-12,21,26H,13-20H2,1-4H3,(H,30,34). The highest BCUT2D eigenvalue weighted by atomic mass is 35.5. The molecular weight excluding hydrogens is 476 g/mol. The summed E-state index contributed by atoms with van der Waals surface area (Å²) in [5, 5.41) is 3.72. The van der Waals surface area contributed by atoms with Crippen LogP contribution < -0.4 is 5.32 Å². The van der Waals surface area contributed by atoms with E-state index in [2.05, 4.69) is 22.3 Å². The van der Waals surface area contributed by atoms with Crippen LogP contribution in [0.4, 0.5) is 5.69 Å². The van der Waals surface area contributed by atoms with Gasteiger partial charge in [-0.3, -0.25) is 19.4 Å². The lowest BCUT2D eigenvalue weighted by Gasteiger charge is -2.34. The monoisotopic (exact) mass is 514 g/mol. The molecule has 1 aliphatic rings. The molecule has 0 spiro atoms. The number of nitrogens with zero attached hydrogens (tertiary/aromatic N) is 3. The number of hydrogen-bond donors (Lipinski definition) is 1. The highest BCUT2D eigenvalue weighted by Crippen LogP contribution is 2.16. The van der Waals surface area contributed by atoms with Gasteiger partial charge < -0.3 is 15.0 Å². The van der Waals surface area contributed by atoms with E-state index in [4.69, 9.17) is 16.3 Å². The van der Waals surface area contributed by atoms with Gasteiger partial charge >= 0.3 is 0 Å². The van der Waals surface area contributed by atoms with Crippen LogP contribution in [0.5, 0.6) is 0 Å². The molecule has 2 aromatic carbocycles. The summed E-state index contributed by atoms with van der Waals surface area (Å²) in [4.78, 5) is 32.0. The Kier molecular flexibility index (Phi) is 10.7. The Hall–Kier alpha value is -2.45. The molecule has 1 aliphatic heterocycles. The van der Waals surface area contributed by atoms with E-state index >= 15 is 0 Å². The summed E-state index contributed by atoms with van der Waals surface area (Å²) in [7, 11) is 3.78. The van der Waals surface area contributed by atoms with E-state index in [0.717, 1.165) is 31.1 Å². The topological polar surface area (TPSA) is 65.1 Å². The number of carbonyl (C=O) groups excluding carboxylic acids is 2. The van der Waals surface area contributed by atoms with Gasteiger partial charge in [-0.25, -0.2) is 0 Å². The van der Waals surface area contributed by atoms with E-state index in [1.165, 1.54) is 5.56 Å². The number of nitrogens with one attached hydrogen (secondary N) is 1. The molecule has 7 nitrogen and oxygen atoms in total. The van der Waals surface area contributed by atoms with E-state index in [1.807, 2.05) is 49.9 Å². The fraction of sp³-hybridized carbons (Fsp3) is 0.500. The van der Waals surface area contributed by atoms with Crippen molar-refractivity contribution < 1.29 is 14.3 Å². The zero-order valence-electron chi connectivity index (χ0n) is 21.9. The third-order valence-electron chi connectivity index (χ3n) is 6.46. The molecule has 2 aromatic rings. The summed E-state index contributed by atoms with van der Waals surface area (Å²) in [5.74, 6) is -0.0524. The molecule has 1 N–H and O–H groups in total. The zero-order chi connectivity index (χ0) is 26.1. The molecule has 0 bridgehead atoms. The van der Waals surface area contributed by atoms with E-state index < -0.39 is 0 Å². The Morgan fingerprint density at radius 2 is 1.64 bits per heavy atom. The molecular formula is C28H39ClN4O3. The molecule has 3 rings (SSSR count). The fourth-order valence-corrected chi connectivity index (χ4v) is 4.38. The quantitative estimate of drug-likeness (QED) is 0.490. The van der Waals surface area contributed by atoms with Crippen LogP contribution in [0.3, 0.4) is 0 Å². The first-order valence-corrected chi connectivity index (χ1v) is 13.1. The largest absolute Gasteiger partial charge is 0.379 e. The van der Waals surface area contributed by atoms with Gasteiger partial charge in [0.1, 0.15) is 0 Å². The maximum atomic E-state index is 13.0. The number of carbonyl (C=O) groups is 2. The molecule has 0 saturated carbocycles. The van der Waals surface area contributed by atoms with Gasteiger partial charge in [0, 0.05) is 55.6 Å². The molecule has 0 aliphatic carbocycles. The Labute approximate surface area is 220 Å². The third kappa shape index (κ3) is 8.59. The van der Waals surface area contributed by atoms with Crippen LogP contribution in [0.15, 0.2) is 48.5 Å². The Morgan fingerprint density at radius 1 is 1.00 bits per heavy atom. The summed E-state index contributed by atoms with van der Waals surface area (Å²) in [6, 6.07) is 14.9. The first-order valence-electron chi connectivity index (χ1n) is 12.7. The molecule has 1 unspecified atom stereocenters. The molecule has 1 saturated heterocycles. The van der Waals surface area contributed by atoms with Crippen LogP contribution in [0, 0.1) is 0 Å². The molecule has 2 amide bonds. The second kappa shape index (κ2) is 13.7. The summed E-state index contributed by atoms with van der Waals surface area (Å²) in [6.45, 7) is 8.60. The number of anilines is 1. The maximum absolute atomic E-state index is 13.0. The number of piperazine rings is 1. The molecule has 0 radical (unpaired) electrons. The molecule has 1 atom stereocenters. The highest BCUT2D eigenvalue weighted by molar-refractivity contribution is 6.30. The van der Waals surface area contributed by atoms with E-state index in [0.29, 0.717) is 37.4 Å². The van der Waals surface area contributed by atoms with Gasteiger partial charge in [0.2, 0.25) is 5.91 Å². The van der Waals surface area contributed by atoms with E-state index in [1.54, 1.807) is 24.3 Å². The van der Waals surface area contributed by atoms with Crippen molar-refractivity contribution in [1.82, 2.24) is 14.7 Å². The number of likely N-dealkylation sites (N-methyl/N-ethyl adjacent to an activating group) is 1. The number of benzene rings is 2. The maximum Gasteiger partial charge on any atom is 0.253 e. The van der Waals surface area contributed by atoms with Crippen molar-refractivity contribution in [3.63, 3.8) is 0 Å². The van der Waals surface area contributed by atoms with Crippen LogP contribution >= 0.6 is 11.6 Å². The second-order valence-electron chi connectivity index (χ2n) is 9.76. The van der Waals surface area contributed by atoms with E-state index in [9.17, 15) is 9.59 Å². The van der Waals surface area contributed by atoms with Crippen LogP contribution in [-0.2, 0) is 16.0 Å². The van der Waals surface area contributed by atoms with Crippen LogP contribution in [0.1, 0.15) is 36.2 Å².